The van der Waals surface area contributed by atoms with E-state index in [-0.39, 0.29) is 11.5 Å². The number of aromatic nitrogens is 2. The Kier molecular flexibility index (Phi) is 7.52. The molecule has 2 aromatic heterocycles. The first kappa shape index (κ1) is 24.4. The van der Waals surface area contributed by atoms with E-state index in [0.717, 1.165) is 25.0 Å². The van der Waals surface area contributed by atoms with Crippen molar-refractivity contribution in [2.45, 2.75) is 31.5 Å². The van der Waals surface area contributed by atoms with Crippen LogP contribution in [-0.2, 0) is 9.53 Å². The molecular formula is C22H24F3N3O5. The van der Waals surface area contributed by atoms with Gasteiger partial charge in [-0.1, -0.05) is 6.07 Å². The molecule has 0 bridgehead atoms. The van der Waals surface area contributed by atoms with Gasteiger partial charge in [-0.2, -0.15) is 13.2 Å². The van der Waals surface area contributed by atoms with E-state index in [2.05, 4.69) is 9.97 Å². The number of amides is 1. The van der Waals surface area contributed by atoms with E-state index in [1.54, 1.807) is 18.6 Å². The van der Waals surface area contributed by atoms with Crippen molar-refractivity contribution >= 4 is 11.9 Å². The minimum absolute atomic E-state index is 0.0332. The molecule has 0 aromatic carbocycles. The van der Waals surface area contributed by atoms with Crippen LogP contribution in [0.4, 0.5) is 13.2 Å². The van der Waals surface area contributed by atoms with Crippen LogP contribution in [0.1, 0.15) is 28.8 Å². The zero-order chi connectivity index (χ0) is 24.1. The lowest BCUT2D eigenvalue weighted by Crippen LogP contribution is -2.66. The lowest BCUT2D eigenvalue weighted by molar-refractivity contribution is -0.192. The van der Waals surface area contributed by atoms with E-state index in [0.29, 0.717) is 37.1 Å². The van der Waals surface area contributed by atoms with E-state index < -0.39 is 12.1 Å². The largest absolute Gasteiger partial charge is 0.490 e. The first-order valence-electron chi connectivity index (χ1n) is 10.3. The van der Waals surface area contributed by atoms with Gasteiger partial charge < -0.3 is 19.5 Å². The topological polar surface area (TPSA) is 102 Å². The Morgan fingerprint density at radius 3 is 2.64 bits per heavy atom. The number of hydrogen-bond acceptors (Lipinski definition) is 6. The van der Waals surface area contributed by atoms with Crippen LogP contribution < -0.4 is 4.74 Å². The van der Waals surface area contributed by atoms with Crippen molar-refractivity contribution in [2.75, 3.05) is 26.3 Å². The summed E-state index contributed by atoms with van der Waals surface area (Å²) in [4.78, 5) is 31.7. The molecular weight excluding hydrogens is 443 g/mol. The van der Waals surface area contributed by atoms with Crippen molar-refractivity contribution in [3.8, 4) is 5.88 Å². The van der Waals surface area contributed by atoms with E-state index >= 15 is 0 Å². The summed E-state index contributed by atoms with van der Waals surface area (Å²) < 4.78 is 43.5. The molecule has 1 spiro atoms. The van der Waals surface area contributed by atoms with Gasteiger partial charge in [-0.05, 0) is 43.4 Å². The fourth-order valence-electron chi connectivity index (χ4n) is 3.88. The molecule has 0 aliphatic carbocycles. The quantitative estimate of drug-likeness (QED) is 0.721. The summed E-state index contributed by atoms with van der Waals surface area (Å²) in [5.41, 5.74) is 1.43. The van der Waals surface area contributed by atoms with Crippen molar-refractivity contribution in [3.63, 3.8) is 0 Å². The maximum absolute atomic E-state index is 12.6. The maximum atomic E-state index is 12.6. The third-order valence-electron chi connectivity index (χ3n) is 5.52. The molecule has 1 N–H and O–H groups in total. The Balaban J connectivity index is 0.000000383. The summed E-state index contributed by atoms with van der Waals surface area (Å²) in [6.07, 6.45) is 1.95. The lowest BCUT2D eigenvalue weighted by Gasteiger charge is -2.50. The first-order valence-corrected chi connectivity index (χ1v) is 10.3. The van der Waals surface area contributed by atoms with Crippen LogP contribution in [0.3, 0.4) is 0 Å². The van der Waals surface area contributed by atoms with Gasteiger partial charge in [0.1, 0.15) is 5.60 Å². The Hall–Kier alpha value is -3.21. The zero-order valence-corrected chi connectivity index (χ0v) is 17.9. The van der Waals surface area contributed by atoms with Gasteiger partial charge in [0.25, 0.3) is 5.91 Å². The first-order chi connectivity index (χ1) is 15.6. The van der Waals surface area contributed by atoms with Gasteiger partial charge in [-0.3, -0.25) is 9.78 Å². The Bertz CT molecular complexity index is 965. The van der Waals surface area contributed by atoms with Crippen LogP contribution in [0, 0.1) is 12.8 Å². The highest BCUT2D eigenvalue weighted by Gasteiger charge is 2.54. The maximum Gasteiger partial charge on any atom is 0.490 e. The number of aliphatic carboxylic acids is 1. The van der Waals surface area contributed by atoms with E-state index in [1.807, 2.05) is 36.1 Å². The van der Waals surface area contributed by atoms with Crippen LogP contribution >= 0.6 is 0 Å². The number of nitrogens with zero attached hydrogens (tertiary/aromatic N) is 3. The second-order valence-corrected chi connectivity index (χ2v) is 7.92. The Labute approximate surface area is 188 Å². The summed E-state index contributed by atoms with van der Waals surface area (Å²) in [5, 5.41) is 7.12. The number of ether oxygens (including phenoxy) is 2. The van der Waals surface area contributed by atoms with E-state index in [9.17, 15) is 18.0 Å². The molecule has 2 aromatic rings. The van der Waals surface area contributed by atoms with Crippen LogP contribution in [0.25, 0.3) is 0 Å². The van der Waals surface area contributed by atoms with Gasteiger partial charge in [-0.15, -0.1) is 0 Å². The molecule has 178 valence electrons. The molecule has 1 atom stereocenters. The average Bonchev–Trinajstić information content (AvgIpc) is 3.17. The van der Waals surface area contributed by atoms with Crippen molar-refractivity contribution in [2.24, 2.45) is 5.92 Å². The molecule has 0 saturated carbocycles. The highest BCUT2D eigenvalue weighted by Crippen LogP contribution is 2.42. The standard InChI is InChI=1S/C20H23N3O3.C2HF3O2/c1-15-10-16(12-21-11-15)19(24)23-13-20(14-23)17(6-9-26-20)5-8-25-18-4-2-3-7-22-18;3-2(4,5)1(6)7/h2-4,7,10-12,17H,5-6,8-9,13-14H2,1H3;(H,6,7). The molecule has 0 radical (unpaired) electrons. The fourth-order valence-corrected chi connectivity index (χ4v) is 3.88. The molecule has 11 heteroatoms. The van der Waals surface area contributed by atoms with Gasteiger partial charge in [-0.25, -0.2) is 9.78 Å². The van der Waals surface area contributed by atoms with Gasteiger partial charge in [0.2, 0.25) is 5.88 Å². The predicted molar refractivity (Wildman–Crippen MR) is 110 cm³/mol. The molecule has 2 aliphatic rings. The number of aryl methyl sites for hydroxylation is 1. The molecule has 2 fully saturated rings. The number of carboxylic acids is 1. The van der Waals surface area contributed by atoms with Crippen molar-refractivity contribution < 1.29 is 37.3 Å². The number of alkyl halides is 3. The second kappa shape index (κ2) is 10.2. The minimum atomic E-state index is -5.08. The average molecular weight is 467 g/mol. The minimum Gasteiger partial charge on any atom is -0.478 e. The molecule has 33 heavy (non-hydrogen) atoms. The van der Waals surface area contributed by atoms with Gasteiger partial charge in [0.15, 0.2) is 0 Å². The fraction of sp³-hybridized carbons (Fsp3) is 0.455. The highest BCUT2D eigenvalue weighted by atomic mass is 19.4. The Morgan fingerprint density at radius 1 is 1.30 bits per heavy atom. The van der Waals surface area contributed by atoms with Crippen molar-refractivity contribution in [1.82, 2.24) is 14.9 Å². The van der Waals surface area contributed by atoms with Crippen LogP contribution in [-0.4, -0.2) is 69.9 Å². The summed E-state index contributed by atoms with van der Waals surface area (Å²) in [7, 11) is 0. The summed E-state index contributed by atoms with van der Waals surface area (Å²) >= 11 is 0. The van der Waals surface area contributed by atoms with Gasteiger partial charge in [0.05, 0.1) is 25.3 Å². The van der Waals surface area contributed by atoms with Crippen LogP contribution in [0.5, 0.6) is 5.88 Å². The van der Waals surface area contributed by atoms with Crippen molar-refractivity contribution in [3.05, 3.63) is 54.0 Å². The summed E-state index contributed by atoms with van der Waals surface area (Å²) in [6, 6.07) is 7.53. The molecule has 2 saturated heterocycles. The Morgan fingerprint density at radius 2 is 2.03 bits per heavy atom. The number of hydrogen-bond donors (Lipinski definition) is 1. The molecule has 2 aliphatic heterocycles. The highest BCUT2D eigenvalue weighted by molar-refractivity contribution is 5.94. The number of pyridine rings is 2. The van der Waals surface area contributed by atoms with E-state index in [4.69, 9.17) is 19.4 Å². The number of carboxylic acid groups (broad SMARTS) is 1. The lowest BCUT2D eigenvalue weighted by atomic mass is 9.79. The normalized spacial score (nSPS) is 18.8. The van der Waals surface area contributed by atoms with Gasteiger partial charge >= 0.3 is 12.1 Å². The number of carbonyl (C=O) groups is 2. The SMILES string of the molecule is Cc1cncc(C(=O)N2CC3(C2)OCCC3CCOc2ccccn2)c1.O=C(O)C(F)(F)F. The number of likely N-dealkylation sites (tertiary alicyclic amines) is 1. The predicted octanol–water partition coefficient (Wildman–Crippen LogP) is 3.12. The third kappa shape index (κ3) is 6.19. The molecule has 8 nitrogen and oxygen atoms in total. The molecule has 4 heterocycles. The van der Waals surface area contributed by atoms with Crippen LogP contribution in [0.2, 0.25) is 0 Å². The summed E-state index contributed by atoms with van der Waals surface area (Å²) in [5.74, 6) is -1.66. The van der Waals surface area contributed by atoms with Crippen LogP contribution in [0.15, 0.2) is 42.9 Å². The van der Waals surface area contributed by atoms with E-state index in [1.165, 1.54) is 0 Å². The molecule has 1 amide bonds. The smallest absolute Gasteiger partial charge is 0.478 e. The number of carbonyl (C=O) groups excluding carboxylic acids is 1. The molecule has 4 rings (SSSR count). The molecule has 1 unspecified atom stereocenters. The third-order valence-corrected chi connectivity index (χ3v) is 5.52. The number of rotatable bonds is 5. The monoisotopic (exact) mass is 467 g/mol. The number of halogens is 3. The zero-order valence-electron chi connectivity index (χ0n) is 17.9. The van der Waals surface area contributed by atoms with Gasteiger partial charge in [0, 0.05) is 31.3 Å². The van der Waals surface area contributed by atoms with Crippen molar-refractivity contribution in [1.29, 1.82) is 0 Å². The second-order valence-electron chi connectivity index (χ2n) is 7.92. The summed E-state index contributed by atoms with van der Waals surface area (Å²) in [6.45, 7) is 4.60.